The Hall–Kier alpha value is -2.65. The van der Waals surface area contributed by atoms with Crippen LogP contribution >= 0.6 is 24.0 Å². The highest BCUT2D eigenvalue weighted by Crippen LogP contribution is 2.37. The van der Waals surface area contributed by atoms with E-state index in [0.717, 1.165) is 23.0 Å². The third-order valence-corrected chi connectivity index (χ3v) is 8.20. The number of fused-ring (bicyclic) bond motifs is 1. The fourth-order valence-corrected chi connectivity index (χ4v) is 6.07. The van der Waals surface area contributed by atoms with Crippen LogP contribution < -0.4 is 10.5 Å². The molecule has 1 aromatic carbocycles. The highest BCUT2D eigenvalue weighted by atomic mass is 32.2. The van der Waals surface area contributed by atoms with Crippen LogP contribution in [0, 0.1) is 11.8 Å². The molecule has 0 radical (unpaired) electrons. The maximum Gasteiger partial charge on any atom is 0.309 e. The molecule has 0 N–H and O–H groups in total. The van der Waals surface area contributed by atoms with Crippen molar-refractivity contribution < 1.29 is 14.3 Å². The van der Waals surface area contributed by atoms with Gasteiger partial charge in [-0.2, -0.15) is 0 Å². The van der Waals surface area contributed by atoms with Gasteiger partial charge in [0.25, 0.3) is 11.5 Å². The van der Waals surface area contributed by atoms with Crippen molar-refractivity contribution in [2.75, 3.05) is 31.1 Å². The van der Waals surface area contributed by atoms with Crippen molar-refractivity contribution in [3.05, 3.63) is 45.1 Å². The van der Waals surface area contributed by atoms with Crippen LogP contribution in [0.3, 0.4) is 0 Å². The largest absolute Gasteiger partial charge is 0.466 e. The normalized spacial score (nSPS) is 18.2. The summed E-state index contributed by atoms with van der Waals surface area (Å²) in [6.45, 7) is 8.24. The van der Waals surface area contributed by atoms with Crippen molar-refractivity contribution in [1.82, 2.24) is 9.47 Å². The van der Waals surface area contributed by atoms with Gasteiger partial charge < -0.3 is 14.2 Å². The SMILES string of the molecule is CCOC(=O)C1CCN(c2c(C=C3SC(=S)N(CCC(C)C)C3=O)c(=O)n(C)c3ccccc23)CC1. The van der Waals surface area contributed by atoms with E-state index in [4.69, 9.17) is 17.0 Å². The third kappa shape index (κ3) is 5.22. The molecule has 0 spiro atoms. The molecule has 4 rings (SSSR count). The lowest BCUT2D eigenvalue weighted by Gasteiger charge is -2.34. The summed E-state index contributed by atoms with van der Waals surface area (Å²) in [7, 11) is 1.76. The van der Waals surface area contributed by atoms with Gasteiger partial charge >= 0.3 is 5.97 Å². The van der Waals surface area contributed by atoms with E-state index in [-0.39, 0.29) is 23.4 Å². The van der Waals surface area contributed by atoms with Gasteiger partial charge in [0.2, 0.25) is 0 Å². The number of hydrogen-bond acceptors (Lipinski definition) is 7. The lowest BCUT2D eigenvalue weighted by atomic mass is 9.95. The highest BCUT2D eigenvalue weighted by molar-refractivity contribution is 8.26. The van der Waals surface area contributed by atoms with Crippen molar-refractivity contribution in [3.63, 3.8) is 0 Å². The van der Waals surface area contributed by atoms with Crippen molar-refractivity contribution in [3.8, 4) is 0 Å². The number of para-hydroxylation sites is 1. The van der Waals surface area contributed by atoms with Gasteiger partial charge in [-0.25, -0.2) is 0 Å². The van der Waals surface area contributed by atoms with Gasteiger partial charge in [0.1, 0.15) is 4.32 Å². The van der Waals surface area contributed by atoms with E-state index in [9.17, 15) is 14.4 Å². The summed E-state index contributed by atoms with van der Waals surface area (Å²) in [6, 6.07) is 7.81. The molecule has 2 saturated heterocycles. The predicted octanol–water partition coefficient (Wildman–Crippen LogP) is 4.57. The molecular formula is C27H33N3O4S2. The van der Waals surface area contributed by atoms with Gasteiger partial charge in [0, 0.05) is 32.1 Å². The average molecular weight is 528 g/mol. The number of rotatable bonds is 7. The van der Waals surface area contributed by atoms with Crippen molar-refractivity contribution in [1.29, 1.82) is 0 Å². The molecule has 7 nitrogen and oxygen atoms in total. The minimum absolute atomic E-state index is 0.139. The number of benzene rings is 1. The smallest absolute Gasteiger partial charge is 0.309 e. The van der Waals surface area contributed by atoms with Crippen LogP contribution in [0.4, 0.5) is 5.69 Å². The first-order valence-corrected chi connectivity index (χ1v) is 13.7. The Bertz CT molecular complexity index is 1280. The molecule has 2 aliphatic rings. The number of carbonyl (C=O) groups excluding carboxylic acids is 2. The van der Waals surface area contributed by atoms with E-state index >= 15 is 0 Å². The lowest BCUT2D eigenvalue weighted by Crippen LogP contribution is -2.38. The van der Waals surface area contributed by atoms with Crippen LogP contribution in [-0.2, 0) is 21.4 Å². The molecule has 2 fully saturated rings. The van der Waals surface area contributed by atoms with Gasteiger partial charge in [-0.05, 0) is 44.2 Å². The lowest BCUT2D eigenvalue weighted by molar-refractivity contribution is -0.148. The molecule has 192 valence electrons. The van der Waals surface area contributed by atoms with Crippen molar-refractivity contribution >= 4 is 62.8 Å². The van der Waals surface area contributed by atoms with E-state index in [1.54, 1.807) is 22.6 Å². The standard InChI is InChI=1S/C27H33N3O4S2/c1-5-34-26(33)18-11-13-29(14-12-18)23-19-8-6-7-9-21(19)28(4)24(31)20(23)16-22-25(32)30(27(35)36-22)15-10-17(2)3/h6-9,16-18H,5,10-15H2,1-4H3. The fraction of sp³-hybridized carbons (Fsp3) is 0.481. The van der Waals surface area contributed by atoms with Gasteiger partial charge in [-0.15, -0.1) is 0 Å². The van der Waals surface area contributed by atoms with Crippen LogP contribution in [-0.4, -0.2) is 51.9 Å². The molecule has 2 aromatic rings. The minimum Gasteiger partial charge on any atom is -0.466 e. The van der Waals surface area contributed by atoms with Crippen LogP contribution in [0.5, 0.6) is 0 Å². The molecule has 9 heteroatoms. The second-order valence-corrected chi connectivity index (χ2v) is 11.3. The molecule has 2 aliphatic heterocycles. The maximum atomic E-state index is 13.6. The number of amides is 1. The Morgan fingerprint density at radius 1 is 1.22 bits per heavy atom. The van der Waals surface area contributed by atoms with E-state index in [1.165, 1.54) is 11.8 Å². The average Bonchev–Trinajstić information content (AvgIpc) is 3.13. The summed E-state index contributed by atoms with van der Waals surface area (Å²) < 4.78 is 7.39. The zero-order valence-electron chi connectivity index (χ0n) is 21.3. The number of piperidine rings is 1. The number of nitrogens with zero attached hydrogens (tertiary/aromatic N) is 3. The monoisotopic (exact) mass is 527 g/mol. The summed E-state index contributed by atoms with van der Waals surface area (Å²) in [4.78, 5) is 43.4. The summed E-state index contributed by atoms with van der Waals surface area (Å²) in [6.07, 6.45) is 3.88. The quantitative estimate of drug-likeness (QED) is 0.297. The van der Waals surface area contributed by atoms with E-state index in [2.05, 4.69) is 18.7 Å². The van der Waals surface area contributed by atoms with E-state index < -0.39 is 0 Å². The number of thioether (sulfide) groups is 1. The second-order valence-electron chi connectivity index (χ2n) is 9.67. The zero-order valence-corrected chi connectivity index (χ0v) is 22.9. The minimum atomic E-state index is -0.163. The summed E-state index contributed by atoms with van der Waals surface area (Å²) in [5.74, 6) is 0.0133. The van der Waals surface area contributed by atoms with Gasteiger partial charge in [0.15, 0.2) is 0 Å². The summed E-state index contributed by atoms with van der Waals surface area (Å²) in [5.41, 5.74) is 1.95. The van der Waals surface area contributed by atoms with Crippen LogP contribution in [0.2, 0.25) is 0 Å². The predicted molar refractivity (Wildman–Crippen MR) is 150 cm³/mol. The number of anilines is 1. The Morgan fingerprint density at radius 2 is 1.92 bits per heavy atom. The zero-order chi connectivity index (χ0) is 26.0. The topological polar surface area (TPSA) is 71.8 Å². The van der Waals surface area contributed by atoms with Crippen molar-refractivity contribution in [2.45, 2.75) is 40.0 Å². The molecule has 0 atom stereocenters. The fourth-order valence-electron chi connectivity index (χ4n) is 4.78. The van der Waals surface area contributed by atoms with Crippen molar-refractivity contribution in [2.24, 2.45) is 18.9 Å². The molecule has 36 heavy (non-hydrogen) atoms. The van der Waals surface area contributed by atoms with Gasteiger partial charge in [0.05, 0.1) is 34.2 Å². The first-order chi connectivity index (χ1) is 17.2. The second kappa shape index (κ2) is 11.2. The number of pyridine rings is 1. The molecular weight excluding hydrogens is 494 g/mol. The third-order valence-electron chi connectivity index (χ3n) is 6.82. The van der Waals surface area contributed by atoms with Gasteiger partial charge in [-0.3, -0.25) is 19.3 Å². The summed E-state index contributed by atoms with van der Waals surface area (Å²) in [5, 5.41) is 0.940. The number of aromatic nitrogens is 1. The molecule has 1 amide bonds. The molecule has 3 heterocycles. The molecule has 0 bridgehead atoms. The molecule has 0 aliphatic carbocycles. The number of hydrogen-bond donors (Lipinski definition) is 0. The Balaban J connectivity index is 1.75. The number of carbonyl (C=O) groups is 2. The molecule has 1 aromatic heterocycles. The first kappa shape index (κ1) is 26.4. The van der Waals surface area contributed by atoms with Crippen LogP contribution in [0.15, 0.2) is 34.0 Å². The van der Waals surface area contributed by atoms with Crippen LogP contribution in [0.25, 0.3) is 17.0 Å². The Labute approximate surface area is 221 Å². The molecule has 0 unspecified atom stereocenters. The number of esters is 1. The Morgan fingerprint density at radius 3 is 2.58 bits per heavy atom. The van der Waals surface area contributed by atoms with E-state index in [0.29, 0.717) is 59.8 Å². The van der Waals surface area contributed by atoms with Crippen LogP contribution in [0.1, 0.15) is 45.6 Å². The number of aryl methyl sites for hydroxylation is 1. The highest BCUT2D eigenvalue weighted by Gasteiger charge is 2.33. The number of thiocarbonyl (C=S) groups is 1. The number of ether oxygens (including phenoxy) is 1. The first-order valence-electron chi connectivity index (χ1n) is 12.5. The van der Waals surface area contributed by atoms with Gasteiger partial charge in [-0.1, -0.05) is 56.0 Å². The maximum absolute atomic E-state index is 13.6. The molecule has 0 saturated carbocycles. The van der Waals surface area contributed by atoms with E-state index in [1.807, 2.05) is 31.2 Å². The summed E-state index contributed by atoms with van der Waals surface area (Å²) >= 11 is 6.76. The Kier molecular flexibility index (Phi) is 8.20.